The number of nitrogens with zero attached hydrogens (tertiary/aromatic N) is 3. The first kappa shape index (κ1) is 18.4. The van der Waals surface area contributed by atoms with E-state index in [2.05, 4.69) is 21.4 Å². The maximum Gasteiger partial charge on any atom is 0.274 e. The number of anilines is 3. The molecule has 1 amide bonds. The molecule has 0 saturated heterocycles. The molecule has 0 radical (unpaired) electrons. The molecule has 0 aliphatic rings. The first-order valence-corrected chi connectivity index (χ1v) is 8.73. The minimum absolute atomic E-state index is 0.288. The maximum atomic E-state index is 12.6. The van der Waals surface area contributed by atoms with Gasteiger partial charge in [0.25, 0.3) is 5.91 Å². The van der Waals surface area contributed by atoms with Gasteiger partial charge in [0.2, 0.25) is 5.95 Å². The molecule has 1 heterocycles. The summed E-state index contributed by atoms with van der Waals surface area (Å²) in [5.41, 5.74) is 3.12. The van der Waals surface area contributed by atoms with E-state index in [4.69, 9.17) is 4.74 Å². The standard InChI is InChI=1S/C21H22N4O2/c1-4-25(17-7-5-6-15(2)14-17)21-22-13-12-19(24-21)20(26)23-16-8-10-18(27-3)11-9-16/h5-14H,4H2,1-3H3,(H,23,26). The van der Waals surface area contributed by atoms with E-state index < -0.39 is 0 Å². The normalized spacial score (nSPS) is 10.3. The second-order valence-electron chi connectivity index (χ2n) is 6.01. The van der Waals surface area contributed by atoms with E-state index in [0.29, 0.717) is 23.9 Å². The number of ether oxygens (including phenoxy) is 1. The van der Waals surface area contributed by atoms with Gasteiger partial charge in [-0.2, -0.15) is 0 Å². The fraction of sp³-hybridized carbons (Fsp3) is 0.190. The molecule has 138 valence electrons. The molecule has 0 spiro atoms. The molecule has 6 heteroatoms. The van der Waals surface area contributed by atoms with Crippen LogP contribution in [0.5, 0.6) is 5.75 Å². The first-order chi connectivity index (χ1) is 13.1. The summed E-state index contributed by atoms with van der Waals surface area (Å²) >= 11 is 0. The summed E-state index contributed by atoms with van der Waals surface area (Å²) in [7, 11) is 1.60. The average Bonchev–Trinajstić information content (AvgIpc) is 2.69. The number of amides is 1. The summed E-state index contributed by atoms with van der Waals surface area (Å²) in [4.78, 5) is 23.3. The average molecular weight is 362 g/mol. The summed E-state index contributed by atoms with van der Waals surface area (Å²) in [6.45, 7) is 4.75. The monoisotopic (exact) mass is 362 g/mol. The number of carbonyl (C=O) groups excluding carboxylic acids is 1. The van der Waals surface area contributed by atoms with Gasteiger partial charge in [-0.3, -0.25) is 4.79 Å². The molecule has 3 aromatic rings. The van der Waals surface area contributed by atoms with E-state index in [1.54, 1.807) is 43.6 Å². The highest BCUT2D eigenvalue weighted by Crippen LogP contribution is 2.23. The largest absolute Gasteiger partial charge is 0.497 e. The SMILES string of the molecule is CCN(c1cccc(C)c1)c1nccc(C(=O)Nc2ccc(OC)cc2)n1. The van der Waals surface area contributed by atoms with Crippen molar-refractivity contribution in [2.24, 2.45) is 0 Å². The van der Waals surface area contributed by atoms with Crippen LogP contribution in [0, 0.1) is 6.92 Å². The molecule has 1 N–H and O–H groups in total. The summed E-state index contributed by atoms with van der Waals surface area (Å²) in [5.74, 6) is 0.934. The van der Waals surface area contributed by atoms with Crippen molar-refractivity contribution in [3.05, 3.63) is 72.1 Å². The number of rotatable bonds is 6. The van der Waals surface area contributed by atoms with Gasteiger partial charge in [0, 0.05) is 24.1 Å². The van der Waals surface area contributed by atoms with Crippen LogP contribution in [0.15, 0.2) is 60.8 Å². The molecule has 2 aromatic carbocycles. The van der Waals surface area contributed by atoms with Crippen LogP contribution in [0.2, 0.25) is 0 Å². The molecule has 0 saturated carbocycles. The Kier molecular flexibility index (Phi) is 5.66. The summed E-state index contributed by atoms with van der Waals surface area (Å²) < 4.78 is 5.12. The van der Waals surface area contributed by atoms with Gasteiger partial charge in [-0.25, -0.2) is 9.97 Å². The molecule has 0 atom stereocenters. The van der Waals surface area contributed by atoms with Crippen molar-refractivity contribution in [2.45, 2.75) is 13.8 Å². The maximum absolute atomic E-state index is 12.6. The van der Waals surface area contributed by atoms with E-state index in [-0.39, 0.29) is 5.91 Å². The first-order valence-electron chi connectivity index (χ1n) is 8.73. The molecule has 0 bridgehead atoms. The molecular formula is C21H22N4O2. The van der Waals surface area contributed by atoms with E-state index in [0.717, 1.165) is 17.0 Å². The summed E-state index contributed by atoms with van der Waals surface area (Å²) in [5, 5.41) is 2.84. The molecule has 27 heavy (non-hydrogen) atoms. The van der Waals surface area contributed by atoms with Crippen LogP contribution in [-0.2, 0) is 0 Å². The van der Waals surface area contributed by atoms with Crippen molar-refractivity contribution in [3.8, 4) is 5.75 Å². The van der Waals surface area contributed by atoms with Crippen LogP contribution in [0.25, 0.3) is 0 Å². The predicted octanol–water partition coefficient (Wildman–Crippen LogP) is 4.20. The van der Waals surface area contributed by atoms with E-state index in [1.807, 2.05) is 36.9 Å². The van der Waals surface area contributed by atoms with Crippen LogP contribution >= 0.6 is 0 Å². The lowest BCUT2D eigenvalue weighted by Gasteiger charge is -2.21. The summed E-state index contributed by atoms with van der Waals surface area (Å²) in [6, 6.07) is 16.8. The van der Waals surface area contributed by atoms with Crippen LogP contribution in [-0.4, -0.2) is 29.5 Å². The Labute approximate surface area is 158 Å². The Morgan fingerprint density at radius 1 is 1.15 bits per heavy atom. The van der Waals surface area contributed by atoms with Gasteiger partial charge < -0.3 is 15.0 Å². The Balaban J connectivity index is 1.82. The van der Waals surface area contributed by atoms with Gasteiger partial charge in [0.05, 0.1) is 7.11 Å². The smallest absolute Gasteiger partial charge is 0.274 e. The van der Waals surface area contributed by atoms with Gasteiger partial charge in [0.1, 0.15) is 11.4 Å². The minimum Gasteiger partial charge on any atom is -0.497 e. The third kappa shape index (κ3) is 4.41. The van der Waals surface area contributed by atoms with Crippen LogP contribution < -0.4 is 15.0 Å². The lowest BCUT2D eigenvalue weighted by Crippen LogP contribution is -2.21. The molecule has 1 aromatic heterocycles. The van der Waals surface area contributed by atoms with Crippen molar-refractivity contribution in [1.29, 1.82) is 0 Å². The predicted molar refractivity (Wildman–Crippen MR) is 107 cm³/mol. The Hall–Kier alpha value is -3.41. The molecule has 0 aliphatic carbocycles. The number of carbonyl (C=O) groups is 1. The molecule has 3 rings (SSSR count). The molecule has 0 fully saturated rings. The van der Waals surface area contributed by atoms with E-state index >= 15 is 0 Å². The number of hydrogen-bond acceptors (Lipinski definition) is 5. The molecular weight excluding hydrogens is 340 g/mol. The third-order valence-electron chi connectivity index (χ3n) is 4.09. The zero-order chi connectivity index (χ0) is 19.2. The highest BCUT2D eigenvalue weighted by atomic mass is 16.5. The van der Waals surface area contributed by atoms with Gasteiger partial charge in [0.15, 0.2) is 0 Å². The van der Waals surface area contributed by atoms with Gasteiger partial charge in [-0.1, -0.05) is 12.1 Å². The molecule has 0 aliphatic heterocycles. The zero-order valence-electron chi connectivity index (χ0n) is 15.6. The number of benzene rings is 2. The third-order valence-corrected chi connectivity index (χ3v) is 4.09. The molecule has 0 unspecified atom stereocenters. The van der Waals surface area contributed by atoms with Crippen molar-refractivity contribution >= 4 is 23.2 Å². The van der Waals surface area contributed by atoms with E-state index in [1.165, 1.54) is 0 Å². The molecule has 6 nitrogen and oxygen atoms in total. The number of aryl methyl sites for hydroxylation is 1. The number of aromatic nitrogens is 2. The van der Waals surface area contributed by atoms with Crippen LogP contribution in [0.3, 0.4) is 0 Å². The second-order valence-corrected chi connectivity index (χ2v) is 6.01. The fourth-order valence-corrected chi connectivity index (χ4v) is 2.71. The summed E-state index contributed by atoms with van der Waals surface area (Å²) in [6.07, 6.45) is 1.60. The fourth-order valence-electron chi connectivity index (χ4n) is 2.71. The van der Waals surface area contributed by atoms with Gasteiger partial charge >= 0.3 is 0 Å². The van der Waals surface area contributed by atoms with Crippen molar-refractivity contribution < 1.29 is 9.53 Å². The number of methoxy groups -OCH3 is 1. The Morgan fingerprint density at radius 2 is 1.93 bits per heavy atom. The van der Waals surface area contributed by atoms with Crippen molar-refractivity contribution in [2.75, 3.05) is 23.9 Å². The quantitative estimate of drug-likeness (QED) is 0.712. The highest BCUT2D eigenvalue weighted by molar-refractivity contribution is 6.03. The van der Waals surface area contributed by atoms with Crippen LogP contribution in [0.4, 0.5) is 17.3 Å². The number of hydrogen-bond donors (Lipinski definition) is 1. The van der Waals surface area contributed by atoms with Gasteiger partial charge in [-0.05, 0) is 61.9 Å². The topological polar surface area (TPSA) is 67.4 Å². The minimum atomic E-state index is -0.288. The van der Waals surface area contributed by atoms with E-state index in [9.17, 15) is 4.79 Å². The van der Waals surface area contributed by atoms with Gasteiger partial charge in [-0.15, -0.1) is 0 Å². The van der Waals surface area contributed by atoms with Crippen LogP contribution in [0.1, 0.15) is 23.0 Å². The Morgan fingerprint density at radius 3 is 2.59 bits per heavy atom. The Bertz CT molecular complexity index is 925. The van der Waals surface area contributed by atoms with Crippen molar-refractivity contribution in [3.63, 3.8) is 0 Å². The lowest BCUT2D eigenvalue weighted by molar-refractivity contribution is 0.102. The highest BCUT2D eigenvalue weighted by Gasteiger charge is 2.14. The zero-order valence-corrected chi connectivity index (χ0v) is 15.6. The van der Waals surface area contributed by atoms with Crippen molar-refractivity contribution in [1.82, 2.24) is 9.97 Å². The second kappa shape index (κ2) is 8.31. The number of nitrogens with one attached hydrogen (secondary N) is 1. The lowest BCUT2D eigenvalue weighted by atomic mass is 10.2.